The summed E-state index contributed by atoms with van der Waals surface area (Å²) in [6.07, 6.45) is 4.84. The maximum Gasteiger partial charge on any atom is 0.243 e. The molecule has 1 saturated heterocycles. The fourth-order valence-electron chi connectivity index (χ4n) is 3.05. The van der Waals surface area contributed by atoms with E-state index in [9.17, 15) is 8.42 Å². The first kappa shape index (κ1) is 16.8. The van der Waals surface area contributed by atoms with Crippen molar-refractivity contribution in [3.63, 3.8) is 0 Å². The van der Waals surface area contributed by atoms with Crippen LogP contribution in [0.15, 0.2) is 39.8 Å². The fraction of sp³-hybridized carbons (Fsp3) is 0.500. The smallest absolute Gasteiger partial charge is 0.243 e. The number of benzene rings is 1. The summed E-state index contributed by atoms with van der Waals surface area (Å²) in [5.74, 6) is 1.28. The quantitative estimate of drug-likeness (QED) is 0.790. The van der Waals surface area contributed by atoms with Crippen LogP contribution in [0.1, 0.15) is 25.2 Å². The lowest BCUT2D eigenvalue weighted by Gasteiger charge is -2.17. The second-order valence-electron chi connectivity index (χ2n) is 6.83. The van der Waals surface area contributed by atoms with E-state index in [1.807, 2.05) is 0 Å². The predicted molar refractivity (Wildman–Crippen MR) is 92.5 cm³/mol. The molecule has 4 rings (SSSR count). The maximum atomic E-state index is 12.8. The summed E-state index contributed by atoms with van der Waals surface area (Å²) in [6.45, 7) is 3.50. The van der Waals surface area contributed by atoms with Gasteiger partial charge in [0.2, 0.25) is 10.0 Å². The molecule has 1 aliphatic carbocycles. The minimum absolute atomic E-state index is 0.0211. The number of aryl methyl sites for hydroxylation is 1. The number of ether oxygens (including phenoxy) is 1. The first-order valence-corrected chi connectivity index (χ1v) is 10.1. The molecule has 0 amide bonds. The van der Waals surface area contributed by atoms with Gasteiger partial charge in [0, 0.05) is 32.2 Å². The third-order valence-electron chi connectivity index (χ3n) is 4.78. The zero-order chi connectivity index (χ0) is 17.4. The molecule has 1 aromatic heterocycles. The second-order valence-corrected chi connectivity index (χ2v) is 8.76. The summed E-state index contributed by atoms with van der Waals surface area (Å²) in [5.41, 5.74) is 1.54. The van der Waals surface area contributed by atoms with Gasteiger partial charge in [-0.05, 0) is 37.3 Å². The first-order valence-electron chi connectivity index (χ1n) is 8.67. The molecule has 6 nitrogen and oxygen atoms in total. The van der Waals surface area contributed by atoms with Crippen molar-refractivity contribution in [1.29, 1.82) is 0 Å². The number of rotatable bonds is 6. The van der Waals surface area contributed by atoms with Gasteiger partial charge < -0.3 is 9.15 Å². The largest absolute Gasteiger partial charge is 0.449 e. The lowest BCUT2D eigenvalue weighted by atomic mass is 10.2. The van der Waals surface area contributed by atoms with Crippen LogP contribution in [-0.2, 0) is 14.8 Å². The number of hydrogen-bond acceptors (Lipinski definition) is 5. The first-order chi connectivity index (χ1) is 12.0. The molecule has 0 spiro atoms. The normalized spacial score (nSPS) is 21.7. The van der Waals surface area contributed by atoms with Crippen LogP contribution in [0.2, 0.25) is 0 Å². The average Bonchev–Trinajstić information content (AvgIpc) is 3.13. The van der Waals surface area contributed by atoms with Crippen molar-refractivity contribution in [2.75, 3.05) is 19.7 Å². The predicted octanol–water partition coefficient (Wildman–Crippen LogP) is 2.84. The Kier molecular flexibility index (Phi) is 4.39. The monoisotopic (exact) mass is 362 g/mol. The van der Waals surface area contributed by atoms with E-state index in [-0.39, 0.29) is 6.10 Å². The maximum absolute atomic E-state index is 12.8. The van der Waals surface area contributed by atoms with Crippen molar-refractivity contribution >= 4 is 10.0 Å². The molecule has 1 atom stereocenters. The lowest BCUT2D eigenvalue weighted by molar-refractivity contribution is 0.0561. The molecule has 25 heavy (non-hydrogen) atoms. The van der Waals surface area contributed by atoms with Crippen LogP contribution in [0.5, 0.6) is 0 Å². The van der Waals surface area contributed by atoms with Crippen LogP contribution in [0.3, 0.4) is 0 Å². The van der Waals surface area contributed by atoms with E-state index in [1.54, 1.807) is 37.5 Å². The Morgan fingerprint density at radius 1 is 1.24 bits per heavy atom. The molecular formula is C18H22N2O4S. The molecule has 1 saturated carbocycles. The standard InChI is InChI=1S/C18H22N2O4S/c1-13-19-18(12-23-13)15-4-6-17(7-5-15)25(21,22)20-9-8-16(10-20)24-11-14-2-3-14/h4-7,12,14,16H,2-3,8-11H2,1H3. The summed E-state index contributed by atoms with van der Waals surface area (Å²) in [7, 11) is -3.48. The van der Waals surface area contributed by atoms with E-state index in [4.69, 9.17) is 9.15 Å². The molecule has 2 aliphatic rings. The molecule has 7 heteroatoms. The van der Waals surface area contributed by atoms with E-state index in [0.29, 0.717) is 35.5 Å². The van der Waals surface area contributed by atoms with Crippen molar-refractivity contribution in [2.24, 2.45) is 5.92 Å². The van der Waals surface area contributed by atoms with Crippen LogP contribution in [-0.4, -0.2) is 43.5 Å². The zero-order valence-corrected chi connectivity index (χ0v) is 15.0. The summed E-state index contributed by atoms with van der Waals surface area (Å²) in [5, 5.41) is 0. The van der Waals surface area contributed by atoms with Gasteiger partial charge in [0.1, 0.15) is 12.0 Å². The van der Waals surface area contributed by atoms with Crippen molar-refractivity contribution in [3.8, 4) is 11.3 Å². The van der Waals surface area contributed by atoms with Gasteiger partial charge in [-0.25, -0.2) is 13.4 Å². The van der Waals surface area contributed by atoms with Crippen molar-refractivity contribution in [3.05, 3.63) is 36.4 Å². The second kappa shape index (κ2) is 6.55. The van der Waals surface area contributed by atoms with Crippen molar-refractivity contribution in [2.45, 2.75) is 37.2 Å². The minimum atomic E-state index is -3.48. The van der Waals surface area contributed by atoms with Gasteiger partial charge in [-0.2, -0.15) is 4.31 Å². The van der Waals surface area contributed by atoms with Gasteiger partial charge in [-0.1, -0.05) is 12.1 Å². The van der Waals surface area contributed by atoms with E-state index >= 15 is 0 Å². The highest BCUT2D eigenvalue weighted by Crippen LogP contribution is 2.31. The van der Waals surface area contributed by atoms with Gasteiger partial charge in [0.05, 0.1) is 11.0 Å². The highest BCUT2D eigenvalue weighted by atomic mass is 32.2. The van der Waals surface area contributed by atoms with Crippen molar-refractivity contribution < 1.29 is 17.6 Å². The Morgan fingerprint density at radius 2 is 2.00 bits per heavy atom. The Hall–Kier alpha value is -1.70. The van der Waals surface area contributed by atoms with Gasteiger partial charge in [-0.3, -0.25) is 0 Å². The van der Waals surface area contributed by atoms with Crippen LogP contribution in [0.25, 0.3) is 11.3 Å². The summed E-state index contributed by atoms with van der Waals surface area (Å²) in [4.78, 5) is 4.56. The highest BCUT2D eigenvalue weighted by Gasteiger charge is 2.34. The molecule has 2 aromatic rings. The van der Waals surface area contributed by atoms with E-state index in [1.165, 1.54) is 17.1 Å². The number of nitrogens with zero attached hydrogens (tertiary/aromatic N) is 2. The molecule has 2 heterocycles. The molecule has 1 aliphatic heterocycles. The van der Waals surface area contributed by atoms with Crippen molar-refractivity contribution in [1.82, 2.24) is 9.29 Å². The van der Waals surface area contributed by atoms with E-state index in [0.717, 1.165) is 18.6 Å². The zero-order valence-electron chi connectivity index (χ0n) is 14.2. The van der Waals surface area contributed by atoms with Crippen LogP contribution >= 0.6 is 0 Å². The van der Waals surface area contributed by atoms with Gasteiger partial charge in [0.25, 0.3) is 0 Å². The molecule has 134 valence electrons. The molecule has 2 fully saturated rings. The minimum Gasteiger partial charge on any atom is -0.449 e. The number of sulfonamides is 1. The average molecular weight is 362 g/mol. The van der Waals surface area contributed by atoms with Gasteiger partial charge >= 0.3 is 0 Å². The third kappa shape index (κ3) is 3.63. The van der Waals surface area contributed by atoms with Crippen LogP contribution in [0, 0.1) is 12.8 Å². The van der Waals surface area contributed by atoms with Crippen LogP contribution < -0.4 is 0 Å². The number of hydrogen-bond donors (Lipinski definition) is 0. The van der Waals surface area contributed by atoms with Gasteiger partial charge in [0.15, 0.2) is 5.89 Å². The van der Waals surface area contributed by atoms with E-state index in [2.05, 4.69) is 4.98 Å². The molecule has 0 bridgehead atoms. The Balaban J connectivity index is 1.44. The lowest BCUT2D eigenvalue weighted by Crippen LogP contribution is -2.30. The molecule has 0 radical (unpaired) electrons. The highest BCUT2D eigenvalue weighted by molar-refractivity contribution is 7.89. The Bertz CT molecular complexity index is 840. The molecule has 1 unspecified atom stereocenters. The van der Waals surface area contributed by atoms with Crippen LogP contribution in [0.4, 0.5) is 0 Å². The summed E-state index contributed by atoms with van der Waals surface area (Å²) in [6, 6.07) is 6.79. The molecule has 0 N–H and O–H groups in total. The number of aromatic nitrogens is 1. The summed E-state index contributed by atoms with van der Waals surface area (Å²) >= 11 is 0. The molecular weight excluding hydrogens is 340 g/mol. The Labute approximate surface area is 147 Å². The third-order valence-corrected chi connectivity index (χ3v) is 6.66. The number of oxazole rings is 1. The molecule has 1 aromatic carbocycles. The summed E-state index contributed by atoms with van der Waals surface area (Å²) < 4.78 is 38.2. The SMILES string of the molecule is Cc1nc(-c2ccc(S(=O)(=O)N3CCC(OCC4CC4)C3)cc2)co1. The fourth-order valence-corrected chi connectivity index (χ4v) is 4.54. The van der Waals surface area contributed by atoms with Gasteiger partial charge in [-0.15, -0.1) is 0 Å². The van der Waals surface area contributed by atoms with E-state index < -0.39 is 10.0 Å². The topological polar surface area (TPSA) is 72.6 Å². The Morgan fingerprint density at radius 3 is 2.64 bits per heavy atom.